The Morgan fingerprint density at radius 3 is 2.29 bits per heavy atom. The van der Waals surface area contributed by atoms with Crippen LogP contribution >= 0.6 is 12.2 Å². The molecular weight excluding hydrogens is 1030 g/mol. The zero-order valence-corrected chi connectivity index (χ0v) is 44.4. The summed E-state index contributed by atoms with van der Waals surface area (Å²) < 4.78 is 24.2. The fraction of sp³-hybridized carbons (Fsp3) is 0.463. The number of carbonyl (C=O) groups is 9. The number of pyridine rings is 2. The summed E-state index contributed by atoms with van der Waals surface area (Å²) in [6.45, 7) is 5.11. The molecule has 24 heteroatoms. The summed E-state index contributed by atoms with van der Waals surface area (Å²) >= 11 is 5.97. The zero-order valence-electron chi connectivity index (χ0n) is 43.6. The van der Waals surface area contributed by atoms with Gasteiger partial charge in [-0.25, -0.2) is 14.6 Å². The minimum absolute atomic E-state index is 0.00547. The van der Waals surface area contributed by atoms with Gasteiger partial charge in [0.25, 0.3) is 5.91 Å². The molecule has 3 atom stereocenters. The van der Waals surface area contributed by atoms with Crippen LogP contribution in [-0.2, 0) is 74.8 Å². The molecule has 2 aromatic carbocycles. The number of aliphatic hydroxyl groups is 1. The number of nitrogens with two attached hydrogens (primary N) is 1. The molecule has 0 unspecified atom stereocenters. The van der Waals surface area contributed by atoms with Gasteiger partial charge in [-0.2, -0.15) is 0 Å². The number of anilines is 1. The van der Waals surface area contributed by atoms with Gasteiger partial charge in [0.2, 0.25) is 36.3 Å². The normalized spacial score (nSPS) is 16.7. The molecule has 0 radical (unpaired) electrons. The van der Waals surface area contributed by atoms with E-state index in [0.29, 0.717) is 99.6 Å². The number of urea groups is 1. The first-order valence-electron chi connectivity index (χ1n) is 26.1. The summed E-state index contributed by atoms with van der Waals surface area (Å²) in [5.41, 5.74) is 8.82. The molecule has 4 aliphatic rings. The SMILES string of the molecule is CC[C@@]1(O)C(=O)CCc2c1cc1n(c2=S)Cc2c-1nc1cc3c(cc1c2CNC(=O)COC(=O)OCc1ccc(NC(=O)[C@H](CCCNC(N)=O)NC(=O)[C@@H](NC(=O)CCCCCN2C(=O)CCC2=O)C(C)C)cc1)OCO3. The molecule has 4 aromatic rings. The van der Waals surface area contributed by atoms with Crippen LogP contribution in [0.1, 0.15) is 113 Å². The third kappa shape index (κ3) is 12.7. The highest BCUT2D eigenvalue weighted by Crippen LogP contribution is 2.45. The average Bonchev–Trinajstić information content (AvgIpc) is 4.19. The lowest BCUT2D eigenvalue weighted by atomic mass is 9.77. The highest BCUT2D eigenvalue weighted by atomic mass is 32.1. The van der Waals surface area contributed by atoms with Crippen LogP contribution in [0.15, 0.2) is 42.5 Å². The number of likely N-dealkylation sites (tertiary alicyclic amines) is 1. The first-order chi connectivity index (χ1) is 37.3. The van der Waals surface area contributed by atoms with Gasteiger partial charge in [0.05, 0.1) is 23.4 Å². The molecule has 8 amide bonds. The number of primary amides is 1. The van der Waals surface area contributed by atoms with E-state index < -0.39 is 54.2 Å². The number of benzene rings is 2. The molecule has 1 saturated heterocycles. The van der Waals surface area contributed by atoms with Crippen LogP contribution in [0.25, 0.3) is 22.3 Å². The lowest BCUT2D eigenvalue weighted by Gasteiger charge is -2.33. The molecule has 8 N–H and O–H groups in total. The quantitative estimate of drug-likeness (QED) is 0.0207. The van der Waals surface area contributed by atoms with Gasteiger partial charge in [0, 0.05) is 68.0 Å². The van der Waals surface area contributed by atoms with Crippen LogP contribution in [0, 0.1) is 10.6 Å². The van der Waals surface area contributed by atoms with E-state index in [9.17, 15) is 48.3 Å². The number of aromatic nitrogens is 2. The molecule has 5 heterocycles. The van der Waals surface area contributed by atoms with E-state index in [-0.39, 0.29) is 101 Å². The molecule has 1 aliphatic carbocycles. The first kappa shape index (κ1) is 56.2. The summed E-state index contributed by atoms with van der Waals surface area (Å²) in [5, 5.41) is 25.8. The third-order valence-electron chi connectivity index (χ3n) is 14.3. The third-order valence-corrected chi connectivity index (χ3v) is 14.8. The first-order valence-corrected chi connectivity index (χ1v) is 26.5. The molecule has 3 aliphatic heterocycles. The van der Waals surface area contributed by atoms with Crippen LogP contribution in [0.4, 0.5) is 15.3 Å². The maximum atomic E-state index is 13.7. The Labute approximate surface area is 453 Å². The fourth-order valence-electron chi connectivity index (χ4n) is 10.0. The second-order valence-corrected chi connectivity index (χ2v) is 20.3. The number of Topliss-reactive ketones (excluding diaryl/α,β-unsaturated/α-hetero) is 1. The summed E-state index contributed by atoms with van der Waals surface area (Å²) in [4.78, 5) is 120. The maximum absolute atomic E-state index is 13.7. The summed E-state index contributed by atoms with van der Waals surface area (Å²) in [7, 11) is 0. The number of rotatable bonds is 23. The number of unbranched alkanes of at least 4 members (excludes halogenated alkanes) is 2. The summed E-state index contributed by atoms with van der Waals surface area (Å²) in [5.74, 6) is -2.16. The fourth-order valence-corrected chi connectivity index (χ4v) is 10.4. The van der Waals surface area contributed by atoms with E-state index in [4.69, 9.17) is 41.9 Å². The maximum Gasteiger partial charge on any atom is 0.509 e. The van der Waals surface area contributed by atoms with Crippen LogP contribution in [0.2, 0.25) is 0 Å². The van der Waals surface area contributed by atoms with Gasteiger partial charge in [-0.15, -0.1) is 0 Å². The molecule has 0 spiro atoms. The molecule has 0 bridgehead atoms. The molecule has 78 heavy (non-hydrogen) atoms. The topological polar surface area (TPSA) is 318 Å². The number of ether oxygens (including phenoxy) is 4. The Morgan fingerprint density at radius 1 is 0.859 bits per heavy atom. The van der Waals surface area contributed by atoms with E-state index >= 15 is 0 Å². The Balaban J connectivity index is 0.832. The van der Waals surface area contributed by atoms with E-state index in [2.05, 4.69) is 26.6 Å². The van der Waals surface area contributed by atoms with Gasteiger partial charge < -0.3 is 60.9 Å². The van der Waals surface area contributed by atoms with Crippen LogP contribution < -0.4 is 41.8 Å². The van der Waals surface area contributed by atoms with Gasteiger partial charge in [0.15, 0.2) is 23.9 Å². The Kier molecular flexibility index (Phi) is 17.7. The van der Waals surface area contributed by atoms with E-state index in [1.165, 1.54) is 4.90 Å². The number of imide groups is 1. The van der Waals surface area contributed by atoms with Crippen molar-refractivity contribution in [2.75, 3.05) is 31.8 Å². The molecule has 2 aromatic heterocycles. The van der Waals surface area contributed by atoms with Gasteiger partial charge in [-0.3, -0.25) is 38.5 Å². The minimum Gasteiger partial charge on any atom is -0.454 e. The number of carbonyl (C=O) groups excluding carboxylic acids is 9. The van der Waals surface area contributed by atoms with Crippen molar-refractivity contribution in [1.29, 1.82) is 0 Å². The monoisotopic (exact) mass is 1090 g/mol. The predicted molar refractivity (Wildman–Crippen MR) is 282 cm³/mol. The summed E-state index contributed by atoms with van der Waals surface area (Å²) in [6.07, 6.45) is 2.17. The van der Waals surface area contributed by atoms with Gasteiger partial charge >= 0.3 is 12.2 Å². The highest BCUT2D eigenvalue weighted by molar-refractivity contribution is 7.71. The Morgan fingerprint density at radius 2 is 1.59 bits per heavy atom. The molecule has 414 valence electrons. The number of hydrogen-bond acceptors (Lipinski definition) is 16. The van der Waals surface area contributed by atoms with Crippen molar-refractivity contribution in [2.24, 2.45) is 11.7 Å². The average molecular weight is 1090 g/mol. The highest BCUT2D eigenvalue weighted by Gasteiger charge is 2.43. The van der Waals surface area contributed by atoms with Crippen molar-refractivity contribution in [2.45, 2.75) is 129 Å². The molecular formula is C54H63N9O14S. The van der Waals surface area contributed by atoms with Crippen molar-refractivity contribution in [3.63, 3.8) is 0 Å². The summed E-state index contributed by atoms with van der Waals surface area (Å²) in [6, 6.07) is 8.80. The van der Waals surface area contributed by atoms with Crippen molar-refractivity contribution >= 4 is 82.2 Å². The van der Waals surface area contributed by atoms with Crippen LogP contribution in [0.5, 0.6) is 11.5 Å². The zero-order chi connectivity index (χ0) is 55.8. The van der Waals surface area contributed by atoms with Gasteiger partial charge in [-0.1, -0.05) is 51.5 Å². The van der Waals surface area contributed by atoms with E-state index in [1.807, 2.05) is 4.57 Å². The number of nitrogens with one attached hydrogen (secondary N) is 5. The number of hydrogen-bond donors (Lipinski definition) is 7. The number of amides is 8. The van der Waals surface area contributed by atoms with Crippen molar-refractivity contribution in [1.82, 2.24) is 35.7 Å². The molecule has 8 rings (SSSR count). The van der Waals surface area contributed by atoms with Crippen molar-refractivity contribution in [3.05, 3.63) is 74.9 Å². The van der Waals surface area contributed by atoms with Crippen LogP contribution in [0.3, 0.4) is 0 Å². The van der Waals surface area contributed by atoms with Gasteiger partial charge in [0.1, 0.15) is 28.9 Å². The standard InChI is InChI=1S/C54H63N9O14S/c1-4-54(73)36-22-39-48-35(25-63(39)51(78)32(36)15-16-42(54)64)34(33-21-40-41(77-28-76-40)23-38(33)59-48)24-57-44(66)27-75-53(72)74-26-30-11-13-31(14-12-30)58-49(69)37(9-8-19-56-52(55)71)60-50(70)47(29(2)3)61-43(65)10-6-5-7-20-62-45(67)17-18-46(62)68/h11-14,21-23,29,37,47,73H,4-10,15-20,24-28H2,1-3H3,(H,57,66)(H,58,69)(H,60,70)(H,61,65)(H3,55,56,71)/t37-,47-,54-/m0/s1. The Bertz CT molecular complexity index is 3110. The lowest BCUT2D eigenvalue weighted by molar-refractivity contribution is -0.140. The molecule has 0 saturated carbocycles. The predicted octanol–water partition coefficient (Wildman–Crippen LogP) is 4.33. The second kappa shape index (κ2) is 24.6. The van der Waals surface area contributed by atoms with Crippen LogP contribution in [-0.4, -0.2) is 112 Å². The number of ketones is 1. The smallest absolute Gasteiger partial charge is 0.454 e. The van der Waals surface area contributed by atoms with Crippen molar-refractivity contribution in [3.8, 4) is 22.9 Å². The van der Waals surface area contributed by atoms with Crippen molar-refractivity contribution < 1.29 is 67.2 Å². The number of nitrogens with zero attached hydrogens (tertiary/aromatic N) is 3. The lowest BCUT2D eigenvalue weighted by Crippen LogP contribution is -2.54. The Hall–Kier alpha value is -7.99. The molecule has 1 fully saturated rings. The largest absolute Gasteiger partial charge is 0.509 e. The van der Waals surface area contributed by atoms with Gasteiger partial charge in [-0.05, 0) is 91.0 Å². The minimum atomic E-state index is -1.68. The second-order valence-electron chi connectivity index (χ2n) is 19.9. The van der Waals surface area contributed by atoms with E-state index in [1.54, 1.807) is 63.2 Å². The number of fused-ring (bicyclic) bond motifs is 6. The van der Waals surface area contributed by atoms with E-state index in [0.717, 1.165) is 11.1 Å². The molecule has 23 nitrogen and oxygen atoms in total.